The Labute approximate surface area is 178 Å². The highest BCUT2D eigenvalue weighted by Crippen LogP contribution is 2.23. The van der Waals surface area contributed by atoms with Gasteiger partial charge in [0.25, 0.3) is 5.91 Å². The second-order valence-corrected chi connectivity index (χ2v) is 6.84. The molecule has 0 unspecified atom stereocenters. The van der Waals surface area contributed by atoms with Gasteiger partial charge < -0.3 is 20.3 Å². The molecule has 29 heavy (non-hydrogen) atoms. The predicted octanol–water partition coefficient (Wildman–Crippen LogP) is 2.64. The zero-order valence-corrected chi connectivity index (χ0v) is 17.3. The van der Waals surface area contributed by atoms with E-state index in [0.717, 1.165) is 25.1 Å². The van der Waals surface area contributed by atoms with Crippen LogP contribution in [0.2, 0.25) is 0 Å². The van der Waals surface area contributed by atoms with E-state index < -0.39 is 0 Å². The zero-order valence-electron chi connectivity index (χ0n) is 16.5. The van der Waals surface area contributed by atoms with Crippen LogP contribution in [-0.2, 0) is 16.0 Å². The Morgan fingerprint density at radius 1 is 1.07 bits per heavy atom. The molecule has 1 fully saturated rings. The molecule has 0 radical (unpaired) electrons. The second kappa shape index (κ2) is 11.4. The summed E-state index contributed by atoms with van der Waals surface area (Å²) in [5.74, 6) is 0.680. The fourth-order valence-electron chi connectivity index (χ4n) is 3.31. The highest BCUT2D eigenvalue weighted by atomic mass is 35.5. The van der Waals surface area contributed by atoms with Crippen LogP contribution < -0.4 is 15.4 Å². The minimum atomic E-state index is -0.0832. The van der Waals surface area contributed by atoms with Gasteiger partial charge in [-0.15, -0.1) is 12.4 Å². The van der Waals surface area contributed by atoms with Crippen LogP contribution in [0, 0.1) is 0 Å². The topological polar surface area (TPSA) is 75.9 Å². The molecule has 0 atom stereocenters. The van der Waals surface area contributed by atoms with Crippen molar-refractivity contribution in [3.8, 4) is 5.75 Å². The van der Waals surface area contributed by atoms with Crippen LogP contribution in [0.3, 0.4) is 0 Å². The molecule has 2 aromatic rings. The standard InChI is InChI=1S/C22H27N3O3.ClH/c23-13-16-24(15-12-18-5-2-1-3-6-18)22(27)17-28-20-10-8-19(9-11-20)25-14-4-7-21(25)26;/h1-3,5-6,8-11H,4,7,12-17,23H2;1H. The monoisotopic (exact) mass is 417 g/mol. The lowest BCUT2D eigenvalue weighted by Crippen LogP contribution is -2.39. The second-order valence-electron chi connectivity index (χ2n) is 6.84. The predicted molar refractivity (Wildman–Crippen MR) is 117 cm³/mol. The van der Waals surface area contributed by atoms with Gasteiger partial charge in [0.15, 0.2) is 6.61 Å². The molecule has 0 saturated carbocycles. The molecule has 1 heterocycles. The molecule has 156 valence electrons. The first-order chi connectivity index (χ1) is 13.7. The number of anilines is 1. The molecule has 2 amide bonds. The van der Waals surface area contributed by atoms with Gasteiger partial charge in [0, 0.05) is 38.3 Å². The van der Waals surface area contributed by atoms with E-state index in [-0.39, 0.29) is 30.8 Å². The molecule has 6 nitrogen and oxygen atoms in total. The van der Waals surface area contributed by atoms with E-state index >= 15 is 0 Å². The maximum atomic E-state index is 12.5. The number of nitrogens with two attached hydrogens (primary N) is 1. The molecule has 1 aliphatic heterocycles. The van der Waals surface area contributed by atoms with E-state index in [9.17, 15) is 9.59 Å². The summed E-state index contributed by atoms with van der Waals surface area (Å²) in [6.45, 7) is 2.26. The van der Waals surface area contributed by atoms with Crippen LogP contribution in [0.5, 0.6) is 5.75 Å². The van der Waals surface area contributed by atoms with Gasteiger partial charge in [0.1, 0.15) is 5.75 Å². The SMILES string of the molecule is Cl.NCCN(CCc1ccccc1)C(=O)COc1ccc(N2CCCC2=O)cc1. The number of nitrogens with zero attached hydrogens (tertiary/aromatic N) is 2. The number of carbonyl (C=O) groups is 2. The quantitative estimate of drug-likeness (QED) is 0.680. The summed E-state index contributed by atoms with van der Waals surface area (Å²) < 4.78 is 5.66. The first-order valence-corrected chi connectivity index (χ1v) is 9.72. The van der Waals surface area contributed by atoms with Crippen molar-refractivity contribution in [2.45, 2.75) is 19.3 Å². The van der Waals surface area contributed by atoms with E-state index in [0.29, 0.717) is 31.8 Å². The summed E-state index contributed by atoms with van der Waals surface area (Å²) in [6, 6.07) is 17.4. The molecule has 1 saturated heterocycles. The Morgan fingerprint density at radius 2 is 1.79 bits per heavy atom. The van der Waals surface area contributed by atoms with Crippen LogP contribution in [0.1, 0.15) is 18.4 Å². The molecule has 2 aromatic carbocycles. The lowest BCUT2D eigenvalue weighted by molar-refractivity contribution is -0.133. The van der Waals surface area contributed by atoms with Crippen molar-refractivity contribution in [2.24, 2.45) is 5.73 Å². The molecule has 3 rings (SSSR count). The molecular formula is C22H28ClN3O3. The lowest BCUT2D eigenvalue weighted by atomic mass is 10.1. The van der Waals surface area contributed by atoms with E-state index in [1.807, 2.05) is 42.5 Å². The third kappa shape index (κ3) is 6.48. The molecule has 2 N–H and O–H groups in total. The Morgan fingerprint density at radius 3 is 2.41 bits per heavy atom. The number of rotatable bonds is 9. The maximum Gasteiger partial charge on any atom is 0.260 e. The minimum absolute atomic E-state index is 0. The summed E-state index contributed by atoms with van der Waals surface area (Å²) in [5.41, 5.74) is 7.72. The minimum Gasteiger partial charge on any atom is -0.484 e. The van der Waals surface area contributed by atoms with Crippen molar-refractivity contribution in [3.05, 3.63) is 60.2 Å². The van der Waals surface area contributed by atoms with Crippen LogP contribution >= 0.6 is 12.4 Å². The summed E-state index contributed by atoms with van der Waals surface area (Å²) in [5, 5.41) is 0. The number of benzene rings is 2. The van der Waals surface area contributed by atoms with Gasteiger partial charge in [-0.25, -0.2) is 0 Å². The summed E-state index contributed by atoms with van der Waals surface area (Å²) in [6.07, 6.45) is 2.28. The lowest BCUT2D eigenvalue weighted by Gasteiger charge is -2.22. The van der Waals surface area contributed by atoms with Gasteiger partial charge in [-0.05, 0) is 42.7 Å². The fraction of sp³-hybridized carbons (Fsp3) is 0.364. The molecule has 0 aliphatic carbocycles. The van der Waals surface area contributed by atoms with E-state index in [1.54, 1.807) is 21.9 Å². The number of amides is 2. The molecule has 0 bridgehead atoms. The third-order valence-corrected chi connectivity index (χ3v) is 4.85. The summed E-state index contributed by atoms with van der Waals surface area (Å²) >= 11 is 0. The molecule has 7 heteroatoms. The van der Waals surface area contributed by atoms with Gasteiger partial charge >= 0.3 is 0 Å². The van der Waals surface area contributed by atoms with E-state index in [1.165, 1.54) is 5.56 Å². The largest absolute Gasteiger partial charge is 0.484 e. The number of hydrogen-bond acceptors (Lipinski definition) is 4. The smallest absolute Gasteiger partial charge is 0.260 e. The van der Waals surface area contributed by atoms with Crippen molar-refractivity contribution >= 4 is 29.9 Å². The van der Waals surface area contributed by atoms with Gasteiger partial charge in [0.05, 0.1) is 0 Å². The Balaban J connectivity index is 0.00000300. The van der Waals surface area contributed by atoms with Crippen LogP contribution in [0.25, 0.3) is 0 Å². The Kier molecular flexibility index (Phi) is 8.96. The number of carbonyl (C=O) groups excluding carboxylic acids is 2. The normalized spacial score (nSPS) is 13.1. The van der Waals surface area contributed by atoms with Crippen molar-refractivity contribution in [2.75, 3.05) is 37.7 Å². The van der Waals surface area contributed by atoms with Crippen molar-refractivity contribution in [3.63, 3.8) is 0 Å². The van der Waals surface area contributed by atoms with Gasteiger partial charge in [-0.1, -0.05) is 30.3 Å². The highest BCUT2D eigenvalue weighted by molar-refractivity contribution is 5.95. The highest BCUT2D eigenvalue weighted by Gasteiger charge is 2.21. The molecule has 0 aromatic heterocycles. The molecular weight excluding hydrogens is 390 g/mol. The average molecular weight is 418 g/mol. The molecule has 1 aliphatic rings. The van der Waals surface area contributed by atoms with Gasteiger partial charge in [-0.3, -0.25) is 9.59 Å². The van der Waals surface area contributed by atoms with Crippen LogP contribution in [-0.4, -0.2) is 49.5 Å². The number of halogens is 1. The van der Waals surface area contributed by atoms with Gasteiger partial charge in [0.2, 0.25) is 5.91 Å². The maximum absolute atomic E-state index is 12.5. The first-order valence-electron chi connectivity index (χ1n) is 9.72. The Bertz CT molecular complexity index is 784. The molecule has 0 spiro atoms. The van der Waals surface area contributed by atoms with Crippen molar-refractivity contribution in [1.29, 1.82) is 0 Å². The van der Waals surface area contributed by atoms with Crippen molar-refractivity contribution in [1.82, 2.24) is 4.90 Å². The van der Waals surface area contributed by atoms with E-state index in [2.05, 4.69) is 0 Å². The number of ether oxygens (including phenoxy) is 1. The Hall–Kier alpha value is -2.57. The zero-order chi connectivity index (χ0) is 19.8. The van der Waals surface area contributed by atoms with Crippen LogP contribution in [0.15, 0.2) is 54.6 Å². The van der Waals surface area contributed by atoms with Crippen molar-refractivity contribution < 1.29 is 14.3 Å². The summed E-state index contributed by atoms with van der Waals surface area (Å²) in [7, 11) is 0. The van der Waals surface area contributed by atoms with Gasteiger partial charge in [-0.2, -0.15) is 0 Å². The third-order valence-electron chi connectivity index (χ3n) is 4.85. The number of hydrogen-bond donors (Lipinski definition) is 1. The summed E-state index contributed by atoms with van der Waals surface area (Å²) in [4.78, 5) is 27.9. The van der Waals surface area contributed by atoms with Crippen LogP contribution in [0.4, 0.5) is 5.69 Å². The average Bonchev–Trinajstić information content (AvgIpc) is 3.16. The first kappa shape index (κ1) is 22.7. The van der Waals surface area contributed by atoms with E-state index in [4.69, 9.17) is 10.5 Å². The fourth-order valence-corrected chi connectivity index (χ4v) is 3.31.